The van der Waals surface area contributed by atoms with Gasteiger partial charge in [-0.05, 0) is 26.7 Å². The summed E-state index contributed by atoms with van der Waals surface area (Å²) in [5.41, 5.74) is 0. The van der Waals surface area contributed by atoms with Crippen LogP contribution in [0.1, 0.15) is 47.0 Å². The van der Waals surface area contributed by atoms with Crippen LogP contribution in [0.3, 0.4) is 0 Å². The molecule has 0 bridgehead atoms. The van der Waals surface area contributed by atoms with E-state index < -0.39 is 0 Å². The normalized spacial score (nSPS) is 16.3. The molecule has 0 heterocycles. The second-order valence-electron chi connectivity index (χ2n) is 4.65. The molecule has 0 aromatic carbocycles. The van der Waals surface area contributed by atoms with E-state index in [1.54, 1.807) is 7.11 Å². The van der Waals surface area contributed by atoms with E-state index in [2.05, 4.69) is 24.5 Å². The molecular weight excluding hydrogens is 216 g/mol. The highest BCUT2D eigenvalue weighted by molar-refractivity contribution is 5.81. The van der Waals surface area contributed by atoms with Crippen LogP contribution in [0.2, 0.25) is 0 Å². The van der Waals surface area contributed by atoms with Crippen molar-refractivity contribution in [1.82, 2.24) is 10.6 Å². The monoisotopic (exact) mass is 244 g/mol. The number of amides is 1. The van der Waals surface area contributed by atoms with Gasteiger partial charge in [-0.15, -0.1) is 0 Å². The molecule has 3 unspecified atom stereocenters. The maximum absolute atomic E-state index is 11.8. The second-order valence-corrected chi connectivity index (χ2v) is 4.65. The molecule has 0 rings (SSSR count). The molecule has 0 saturated heterocycles. The SMILES string of the molecule is CCCC(COC)NC(C)C(=O)NC(C)CC. The molecular formula is C13H28N2O2. The maximum Gasteiger partial charge on any atom is 0.237 e. The van der Waals surface area contributed by atoms with E-state index in [9.17, 15) is 4.79 Å². The van der Waals surface area contributed by atoms with E-state index in [0.717, 1.165) is 19.3 Å². The predicted molar refractivity (Wildman–Crippen MR) is 71.1 cm³/mol. The summed E-state index contributed by atoms with van der Waals surface area (Å²) in [6.07, 6.45) is 3.06. The highest BCUT2D eigenvalue weighted by Gasteiger charge is 2.18. The number of methoxy groups -OCH3 is 1. The zero-order chi connectivity index (χ0) is 13.3. The standard InChI is InChI=1S/C13H28N2O2/c1-6-8-12(9-17-5)15-11(4)13(16)14-10(3)7-2/h10-12,15H,6-9H2,1-5H3,(H,14,16). The minimum absolute atomic E-state index is 0.0663. The molecule has 3 atom stereocenters. The fourth-order valence-electron chi connectivity index (χ4n) is 1.66. The smallest absolute Gasteiger partial charge is 0.237 e. The zero-order valence-corrected chi connectivity index (χ0v) is 11.9. The van der Waals surface area contributed by atoms with Gasteiger partial charge in [-0.2, -0.15) is 0 Å². The number of nitrogens with one attached hydrogen (secondary N) is 2. The number of carbonyl (C=O) groups excluding carboxylic acids is 1. The highest BCUT2D eigenvalue weighted by atomic mass is 16.5. The van der Waals surface area contributed by atoms with Crippen molar-refractivity contribution in [2.75, 3.05) is 13.7 Å². The summed E-state index contributed by atoms with van der Waals surface area (Å²) < 4.78 is 5.15. The average Bonchev–Trinajstić information content (AvgIpc) is 2.29. The lowest BCUT2D eigenvalue weighted by atomic mass is 10.1. The van der Waals surface area contributed by atoms with E-state index in [0.29, 0.717) is 6.61 Å². The van der Waals surface area contributed by atoms with E-state index in [4.69, 9.17) is 4.74 Å². The minimum atomic E-state index is -0.171. The molecule has 0 aromatic rings. The van der Waals surface area contributed by atoms with Gasteiger partial charge in [-0.3, -0.25) is 4.79 Å². The Morgan fingerprint density at radius 3 is 2.41 bits per heavy atom. The van der Waals surface area contributed by atoms with Gasteiger partial charge in [0.25, 0.3) is 0 Å². The van der Waals surface area contributed by atoms with Gasteiger partial charge in [0.1, 0.15) is 0 Å². The van der Waals surface area contributed by atoms with Crippen LogP contribution in [0, 0.1) is 0 Å². The first-order valence-electron chi connectivity index (χ1n) is 6.60. The zero-order valence-electron chi connectivity index (χ0n) is 11.9. The van der Waals surface area contributed by atoms with Crippen molar-refractivity contribution in [1.29, 1.82) is 0 Å². The third-order valence-electron chi connectivity index (χ3n) is 2.89. The molecule has 4 heteroatoms. The van der Waals surface area contributed by atoms with Gasteiger partial charge in [0.05, 0.1) is 12.6 Å². The Hall–Kier alpha value is -0.610. The van der Waals surface area contributed by atoms with E-state index in [1.165, 1.54) is 0 Å². The molecule has 0 radical (unpaired) electrons. The molecule has 0 fully saturated rings. The molecule has 0 aliphatic carbocycles. The average molecular weight is 244 g/mol. The summed E-state index contributed by atoms with van der Waals surface area (Å²) >= 11 is 0. The lowest BCUT2D eigenvalue weighted by Gasteiger charge is -2.23. The largest absolute Gasteiger partial charge is 0.383 e. The highest BCUT2D eigenvalue weighted by Crippen LogP contribution is 2.00. The van der Waals surface area contributed by atoms with Crippen LogP contribution in [0.15, 0.2) is 0 Å². The van der Waals surface area contributed by atoms with Crippen molar-refractivity contribution in [2.45, 2.75) is 65.1 Å². The van der Waals surface area contributed by atoms with Crippen LogP contribution in [0.4, 0.5) is 0 Å². The molecule has 0 aromatic heterocycles. The molecule has 0 saturated carbocycles. The Morgan fingerprint density at radius 2 is 1.94 bits per heavy atom. The fourth-order valence-corrected chi connectivity index (χ4v) is 1.66. The number of hydrogen-bond acceptors (Lipinski definition) is 3. The van der Waals surface area contributed by atoms with Crippen LogP contribution in [0.5, 0.6) is 0 Å². The van der Waals surface area contributed by atoms with Gasteiger partial charge in [0.15, 0.2) is 0 Å². The Labute approximate surface area is 105 Å². The Morgan fingerprint density at radius 1 is 1.29 bits per heavy atom. The fraction of sp³-hybridized carbons (Fsp3) is 0.923. The van der Waals surface area contributed by atoms with Gasteiger partial charge in [-0.1, -0.05) is 20.3 Å². The molecule has 4 nitrogen and oxygen atoms in total. The molecule has 0 aliphatic heterocycles. The lowest BCUT2D eigenvalue weighted by Crippen LogP contribution is -2.49. The van der Waals surface area contributed by atoms with Crippen LogP contribution >= 0.6 is 0 Å². The number of ether oxygens (including phenoxy) is 1. The van der Waals surface area contributed by atoms with Crippen LogP contribution < -0.4 is 10.6 Å². The molecule has 102 valence electrons. The summed E-state index contributed by atoms with van der Waals surface area (Å²) in [7, 11) is 1.69. The first-order chi connectivity index (χ1) is 8.04. The van der Waals surface area contributed by atoms with E-state index in [1.807, 2.05) is 13.8 Å². The third kappa shape index (κ3) is 7.34. The van der Waals surface area contributed by atoms with Crippen molar-refractivity contribution >= 4 is 5.91 Å². The van der Waals surface area contributed by atoms with Gasteiger partial charge >= 0.3 is 0 Å². The third-order valence-corrected chi connectivity index (χ3v) is 2.89. The van der Waals surface area contributed by atoms with E-state index in [-0.39, 0.29) is 24.0 Å². The first kappa shape index (κ1) is 16.4. The molecule has 1 amide bonds. The number of carbonyl (C=O) groups is 1. The predicted octanol–water partition coefficient (Wildman–Crippen LogP) is 1.69. The second kappa shape index (κ2) is 9.42. The van der Waals surface area contributed by atoms with Gasteiger partial charge in [0.2, 0.25) is 5.91 Å². The van der Waals surface area contributed by atoms with Crippen molar-refractivity contribution < 1.29 is 9.53 Å². The maximum atomic E-state index is 11.8. The quantitative estimate of drug-likeness (QED) is 0.649. The summed E-state index contributed by atoms with van der Waals surface area (Å²) in [5.74, 6) is 0.0663. The molecule has 0 aliphatic rings. The first-order valence-corrected chi connectivity index (χ1v) is 6.60. The minimum Gasteiger partial charge on any atom is -0.383 e. The van der Waals surface area contributed by atoms with Gasteiger partial charge in [-0.25, -0.2) is 0 Å². The van der Waals surface area contributed by atoms with Crippen molar-refractivity contribution in [3.05, 3.63) is 0 Å². The van der Waals surface area contributed by atoms with Gasteiger partial charge in [0, 0.05) is 19.2 Å². The van der Waals surface area contributed by atoms with Gasteiger partial charge < -0.3 is 15.4 Å². The van der Waals surface area contributed by atoms with Crippen molar-refractivity contribution in [3.63, 3.8) is 0 Å². The molecule has 17 heavy (non-hydrogen) atoms. The number of rotatable bonds is 9. The molecule has 2 N–H and O–H groups in total. The van der Waals surface area contributed by atoms with E-state index >= 15 is 0 Å². The van der Waals surface area contributed by atoms with Crippen molar-refractivity contribution in [3.8, 4) is 0 Å². The Balaban J connectivity index is 4.10. The summed E-state index contributed by atoms with van der Waals surface area (Å²) in [6, 6.07) is 0.317. The molecule has 0 spiro atoms. The number of hydrogen-bond donors (Lipinski definition) is 2. The summed E-state index contributed by atoms with van der Waals surface area (Å²) in [4.78, 5) is 11.8. The Bertz CT molecular complexity index is 204. The lowest BCUT2D eigenvalue weighted by molar-refractivity contribution is -0.123. The Kier molecular flexibility index (Phi) is 9.09. The van der Waals surface area contributed by atoms with Crippen LogP contribution in [-0.2, 0) is 9.53 Å². The summed E-state index contributed by atoms with van der Waals surface area (Å²) in [5, 5.41) is 6.29. The summed E-state index contributed by atoms with van der Waals surface area (Å²) in [6.45, 7) is 8.76. The van der Waals surface area contributed by atoms with Crippen LogP contribution in [0.25, 0.3) is 0 Å². The topological polar surface area (TPSA) is 50.4 Å². The van der Waals surface area contributed by atoms with Crippen LogP contribution in [-0.4, -0.2) is 37.7 Å². The van der Waals surface area contributed by atoms with Crippen molar-refractivity contribution in [2.24, 2.45) is 0 Å².